The van der Waals surface area contributed by atoms with Crippen LogP contribution < -0.4 is 20.1 Å². The standard InChI is InChI=1S/C19H24N2O3/c1-14(2)15-4-8-18(9-5-15)24-13-12-20-19(22)21-16-6-10-17(23-3)11-7-16/h4-11,14H,12-13H2,1-3H3,(H2,20,21,22). The molecule has 0 bridgehead atoms. The van der Waals surface area contributed by atoms with E-state index < -0.39 is 0 Å². The van der Waals surface area contributed by atoms with E-state index in [4.69, 9.17) is 9.47 Å². The van der Waals surface area contributed by atoms with Crippen LogP contribution in [-0.2, 0) is 0 Å². The van der Waals surface area contributed by atoms with Crippen molar-refractivity contribution in [1.82, 2.24) is 5.32 Å². The zero-order valence-corrected chi connectivity index (χ0v) is 14.3. The molecule has 24 heavy (non-hydrogen) atoms. The SMILES string of the molecule is COc1ccc(NC(=O)NCCOc2ccc(C(C)C)cc2)cc1. The molecule has 2 rings (SSSR count). The third-order valence-electron chi connectivity index (χ3n) is 3.55. The van der Waals surface area contributed by atoms with Gasteiger partial charge in [-0.15, -0.1) is 0 Å². The lowest BCUT2D eigenvalue weighted by Gasteiger charge is -2.10. The van der Waals surface area contributed by atoms with Crippen LogP contribution in [0.25, 0.3) is 0 Å². The smallest absolute Gasteiger partial charge is 0.319 e. The summed E-state index contributed by atoms with van der Waals surface area (Å²) in [6.07, 6.45) is 0. The molecular weight excluding hydrogens is 304 g/mol. The Morgan fingerprint density at radius 2 is 1.62 bits per heavy atom. The summed E-state index contributed by atoms with van der Waals surface area (Å²) in [5, 5.41) is 5.50. The second-order valence-corrected chi connectivity index (χ2v) is 5.68. The molecule has 128 valence electrons. The zero-order valence-electron chi connectivity index (χ0n) is 14.3. The fraction of sp³-hybridized carbons (Fsp3) is 0.316. The quantitative estimate of drug-likeness (QED) is 0.755. The van der Waals surface area contributed by atoms with Crippen LogP contribution in [0.3, 0.4) is 0 Å². The van der Waals surface area contributed by atoms with Crippen molar-refractivity contribution in [1.29, 1.82) is 0 Å². The van der Waals surface area contributed by atoms with E-state index in [2.05, 4.69) is 36.6 Å². The number of nitrogens with one attached hydrogen (secondary N) is 2. The first-order chi connectivity index (χ1) is 11.6. The van der Waals surface area contributed by atoms with Crippen molar-refractivity contribution in [3.05, 3.63) is 54.1 Å². The highest BCUT2D eigenvalue weighted by atomic mass is 16.5. The molecule has 5 heteroatoms. The van der Waals surface area contributed by atoms with Gasteiger partial charge >= 0.3 is 6.03 Å². The number of rotatable bonds is 7. The number of anilines is 1. The fourth-order valence-corrected chi connectivity index (χ4v) is 2.13. The minimum absolute atomic E-state index is 0.265. The molecule has 0 unspecified atom stereocenters. The Morgan fingerprint density at radius 1 is 1.00 bits per heavy atom. The normalized spacial score (nSPS) is 10.3. The topological polar surface area (TPSA) is 59.6 Å². The molecule has 0 atom stereocenters. The van der Waals surface area contributed by atoms with E-state index in [1.807, 2.05) is 12.1 Å². The summed E-state index contributed by atoms with van der Waals surface area (Å²) < 4.78 is 10.7. The van der Waals surface area contributed by atoms with Gasteiger partial charge in [0.1, 0.15) is 18.1 Å². The molecule has 0 fully saturated rings. The van der Waals surface area contributed by atoms with Crippen LogP contribution in [-0.4, -0.2) is 26.3 Å². The Hall–Kier alpha value is -2.69. The number of amides is 2. The van der Waals surface area contributed by atoms with Crippen LogP contribution in [0.1, 0.15) is 25.3 Å². The van der Waals surface area contributed by atoms with E-state index in [1.165, 1.54) is 5.56 Å². The molecule has 0 aliphatic rings. The largest absolute Gasteiger partial charge is 0.497 e. The van der Waals surface area contributed by atoms with Crippen molar-refractivity contribution in [3.8, 4) is 11.5 Å². The van der Waals surface area contributed by atoms with Gasteiger partial charge in [0.15, 0.2) is 0 Å². The van der Waals surface area contributed by atoms with E-state index in [0.29, 0.717) is 24.8 Å². The van der Waals surface area contributed by atoms with Gasteiger partial charge in [0, 0.05) is 5.69 Å². The van der Waals surface area contributed by atoms with Crippen molar-refractivity contribution in [2.45, 2.75) is 19.8 Å². The van der Waals surface area contributed by atoms with Crippen LogP contribution >= 0.6 is 0 Å². The average Bonchev–Trinajstić information content (AvgIpc) is 2.60. The fourth-order valence-electron chi connectivity index (χ4n) is 2.13. The molecule has 0 saturated heterocycles. The zero-order chi connectivity index (χ0) is 17.4. The summed E-state index contributed by atoms with van der Waals surface area (Å²) >= 11 is 0. The molecule has 2 amide bonds. The lowest BCUT2D eigenvalue weighted by atomic mass is 10.0. The van der Waals surface area contributed by atoms with Gasteiger partial charge < -0.3 is 20.1 Å². The van der Waals surface area contributed by atoms with Gasteiger partial charge in [-0.25, -0.2) is 4.79 Å². The first kappa shape index (κ1) is 17.7. The van der Waals surface area contributed by atoms with Crippen LogP contribution in [0.5, 0.6) is 11.5 Å². The van der Waals surface area contributed by atoms with Gasteiger partial charge in [-0.05, 0) is 47.9 Å². The van der Waals surface area contributed by atoms with Crippen molar-refractivity contribution in [2.75, 3.05) is 25.6 Å². The van der Waals surface area contributed by atoms with Crippen LogP contribution in [0, 0.1) is 0 Å². The van der Waals surface area contributed by atoms with Gasteiger partial charge in [-0.3, -0.25) is 0 Å². The number of ether oxygens (including phenoxy) is 2. The van der Waals surface area contributed by atoms with E-state index in [0.717, 1.165) is 11.5 Å². The monoisotopic (exact) mass is 328 g/mol. The van der Waals surface area contributed by atoms with Crippen molar-refractivity contribution >= 4 is 11.7 Å². The van der Waals surface area contributed by atoms with E-state index >= 15 is 0 Å². The summed E-state index contributed by atoms with van der Waals surface area (Å²) in [5.41, 5.74) is 1.98. The molecule has 0 spiro atoms. The highest BCUT2D eigenvalue weighted by molar-refractivity contribution is 5.89. The predicted octanol–water partition coefficient (Wildman–Crippen LogP) is 4.02. The molecular formula is C19H24N2O3. The molecule has 0 saturated carbocycles. The summed E-state index contributed by atoms with van der Waals surface area (Å²) in [5.74, 6) is 2.05. The number of urea groups is 1. The molecule has 5 nitrogen and oxygen atoms in total. The summed E-state index contributed by atoms with van der Waals surface area (Å²) in [6.45, 7) is 5.15. The van der Waals surface area contributed by atoms with Crippen molar-refractivity contribution < 1.29 is 14.3 Å². The summed E-state index contributed by atoms with van der Waals surface area (Å²) in [4.78, 5) is 11.8. The summed E-state index contributed by atoms with van der Waals surface area (Å²) in [7, 11) is 1.60. The maximum atomic E-state index is 11.8. The van der Waals surface area contributed by atoms with Gasteiger partial charge in [0.25, 0.3) is 0 Å². The van der Waals surface area contributed by atoms with Gasteiger partial charge in [0.2, 0.25) is 0 Å². The number of hydrogen-bond acceptors (Lipinski definition) is 3. The lowest BCUT2D eigenvalue weighted by Crippen LogP contribution is -2.32. The molecule has 0 aliphatic carbocycles. The molecule has 0 heterocycles. The predicted molar refractivity (Wildman–Crippen MR) is 96.0 cm³/mol. The number of carbonyl (C=O) groups excluding carboxylic acids is 1. The highest BCUT2D eigenvalue weighted by Gasteiger charge is 2.02. The molecule has 0 aliphatic heterocycles. The van der Waals surface area contributed by atoms with Crippen molar-refractivity contribution in [3.63, 3.8) is 0 Å². The maximum absolute atomic E-state index is 11.8. The second-order valence-electron chi connectivity index (χ2n) is 5.68. The first-order valence-corrected chi connectivity index (χ1v) is 8.00. The molecule has 2 N–H and O–H groups in total. The van der Waals surface area contributed by atoms with E-state index in [9.17, 15) is 4.79 Å². The Morgan fingerprint density at radius 3 is 2.21 bits per heavy atom. The molecule has 0 aromatic heterocycles. The minimum Gasteiger partial charge on any atom is -0.497 e. The Kier molecular flexibility index (Phi) is 6.49. The van der Waals surface area contributed by atoms with Crippen molar-refractivity contribution in [2.24, 2.45) is 0 Å². The average molecular weight is 328 g/mol. The molecule has 2 aromatic carbocycles. The molecule has 0 radical (unpaired) electrons. The highest BCUT2D eigenvalue weighted by Crippen LogP contribution is 2.18. The van der Waals surface area contributed by atoms with Gasteiger partial charge in [-0.1, -0.05) is 26.0 Å². The van der Waals surface area contributed by atoms with Gasteiger partial charge in [0.05, 0.1) is 13.7 Å². The van der Waals surface area contributed by atoms with Crippen LogP contribution in [0.2, 0.25) is 0 Å². The van der Waals surface area contributed by atoms with Crippen LogP contribution in [0.4, 0.5) is 10.5 Å². The Balaban J connectivity index is 1.68. The Labute approximate surface area is 143 Å². The third kappa shape index (κ3) is 5.50. The number of methoxy groups -OCH3 is 1. The second kappa shape index (κ2) is 8.82. The lowest BCUT2D eigenvalue weighted by molar-refractivity contribution is 0.247. The van der Waals surface area contributed by atoms with E-state index in [-0.39, 0.29) is 6.03 Å². The minimum atomic E-state index is -0.265. The number of hydrogen-bond donors (Lipinski definition) is 2. The maximum Gasteiger partial charge on any atom is 0.319 e. The van der Waals surface area contributed by atoms with E-state index in [1.54, 1.807) is 31.4 Å². The first-order valence-electron chi connectivity index (χ1n) is 8.00. The summed E-state index contributed by atoms with van der Waals surface area (Å²) in [6, 6.07) is 14.9. The van der Waals surface area contributed by atoms with Gasteiger partial charge in [-0.2, -0.15) is 0 Å². The van der Waals surface area contributed by atoms with Crippen LogP contribution in [0.15, 0.2) is 48.5 Å². The third-order valence-corrected chi connectivity index (χ3v) is 3.55. The number of carbonyl (C=O) groups is 1. The number of benzene rings is 2. The molecule has 2 aromatic rings. The Bertz CT molecular complexity index is 637.